The summed E-state index contributed by atoms with van der Waals surface area (Å²) in [5, 5.41) is 18.9. The van der Waals surface area contributed by atoms with Crippen LogP contribution in [0.5, 0.6) is 0 Å². The monoisotopic (exact) mass is 188 g/mol. The van der Waals surface area contributed by atoms with E-state index in [-0.39, 0.29) is 11.6 Å². The standard InChI is InChI=1S/C6H8N2O3S/c7-4(3-9)5-1-2-6(12-5)8(10)11/h1-2,4,9H,3,7H2/t4-/m0/s1. The zero-order valence-electron chi connectivity index (χ0n) is 6.14. The van der Waals surface area contributed by atoms with Crippen molar-refractivity contribution >= 4 is 16.3 Å². The van der Waals surface area contributed by atoms with Crippen LogP contribution >= 0.6 is 11.3 Å². The van der Waals surface area contributed by atoms with E-state index in [4.69, 9.17) is 10.8 Å². The quantitative estimate of drug-likeness (QED) is 0.538. The van der Waals surface area contributed by atoms with Gasteiger partial charge in [-0.15, -0.1) is 0 Å². The number of thiophene rings is 1. The first-order valence-corrected chi connectivity index (χ1v) is 4.07. The van der Waals surface area contributed by atoms with Gasteiger partial charge in [0, 0.05) is 10.9 Å². The Morgan fingerprint density at radius 1 is 1.75 bits per heavy atom. The van der Waals surface area contributed by atoms with Gasteiger partial charge in [0.25, 0.3) is 0 Å². The van der Waals surface area contributed by atoms with Gasteiger partial charge < -0.3 is 10.8 Å². The molecule has 1 atom stereocenters. The Kier molecular flexibility index (Phi) is 2.74. The Hall–Kier alpha value is -0.980. The molecule has 0 bridgehead atoms. The van der Waals surface area contributed by atoms with Gasteiger partial charge in [0.05, 0.1) is 17.6 Å². The predicted octanol–water partition coefficient (Wildman–Crippen LogP) is 0.648. The van der Waals surface area contributed by atoms with Gasteiger partial charge >= 0.3 is 5.00 Å². The molecule has 5 nitrogen and oxygen atoms in total. The molecule has 1 aromatic rings. The summed E-state index contributed by atoms with van der Waals surface area (Å²) in [5.74, 6) is 0. The highest BCUT2D eigenvalue weighted by Crippen LogP contribution is 2.27. The number of hydrogen-bond donors (Lipinski definition) is 2. The summed E-state index contributed by atoms with van der Waals surface area (Å²) >= 11 is 0.990. The van der Waals surface area contributed by atoms with E-state index in [1.807, 2.05) is 0 Å². The molecule has 66 valence electrons. The number of rotatable bonds is 3. The van der Waals surface area contributed by atoms with Crippen molar-refractivity contribution in [3.63, 3.8) is 0 Å². The van der Waals surface area contributed by atoms with Crippen molar-refractivity contribution in [1.82, 2.24) is 0 Å². The number of nitro groups is 1. The largest absolute Gasteiger partial charge is 0.394 e. The SMILES string of the molecule is N[C@@H](CO)c1ccc([N+](=O)[O-])s1. The number of nitrogens with zero attached hydrogens (tertiary/aromatic N) is 1. The van der Waals surface area contributed by atoms with E-state index in [0.29, 0.717) is 4.88 Å². The molecule has 0 unspecified atom stereocenters. The molecule has 0 radical (unpaired) electrons. The van der Waals surface area contributed by atoms with Gasteiger partial charge in [0.2, 0.25) is 0 Å². The minimum atomic E-state index is -0.510. The maximum atomic E-state index is 10.2. The zero-order chi connectivity index (χ0) is 9.14. The minimum absolute atomic E-state index is 0.0499. The molecule has 0 spiro atoms. The smallest absolute Gasteiger partial charge is 0.324 e. The van der Waals surface area contributed by atoms with E-state index >= 15 is 0 Å². The summed E-state index contributed by atoms with van der Waals surface area (Å²) < 4.78 is 0. The van der Waals surface area contributed by atoms with Crippen molar-refractivity contribution in [3.05, 3.63) is 27.1 Å². The fraction of sp³-hybridized carbons (Fsp3) is 0.333. The van der Waals surface area contributed by atoms with Gasteiger partial charge in [0.15, 0.2) is 0 Å². The van der Waals surface area contributed by atoms with Gasteiger partial charge in [-0.05, 0) is 6.07 Å². The molecule has 3 N–H and O–H groups in total. The van der Waals surface area contributed by atoms with E-state index in [1.165, 1.54) is 6.07 Å². The van der Waals surface area contributed by atoms with Crippen LogP contribution in [0.3, 0.4) is 0 Å². The van der Waals surface area contributed by atoms with Crippen molar-refractivity contribution in [2.24, 2.45) is 5.73 Å². The van der Waals surface area contributed by atoms with Gasteiger partial charge in [-0.1, -0.05) is 11.3 Å². The summed E-state index contributed by atoms with van der Waals surface area (Å²) in [5.41, 5.74) is 5.45. The lowest BCUT2D eigenvalue weighted by molar-refractivity contribution is -0.380. The highest BCUT2D eigenvalue weighted by molar-refractivity contribution is 7.15. The summed E-state index contributed by atoms with van der Waals surface area (Å²) in [6.07, 6.45) is 0. The van der Waals surface area contributed by atoms with Gasteiger partial charge in [-0.3, -0.25) is 10.1 Å². The normalized spacial score (nSPS) is 12.8. The maximum absolute atomic E-state index is 10.2. The molecule has 0 aliphatic carbocycles. The molecule has 0 aliphatic heterocycles. The fourth-order valence-corrected chi connectivity index (χ4v) is 1.54. The molecule has 0 saturated carbocycles. The number of aliphatic hydroxyl groups is 1. The van der Waals surface area contributed by atoms with E-state index < -0.39 is 11.0 Å². The molecule has 1 rings (SSSR count). The summed E-state index contributed by atoms with van der Waals surface area (Å²) in [4.78, 5) is 10.4. The first kappa shape index (κ1) is 9.11. The second-order valence-electron chi connectivity index (χ2n) is 2.22. The first-order chi connectivity index (χ1) is 5.65. The zero-order valence-corrected chi connectivity index (χ0v) is 6.95. The lowest BCUT2D eigenvalue weighted by Crippen LogP contribution is -2.12. The Balaban J connectivity index is 2.84. The van der Waals surface area contributed by atoms with E-state index in [1.54, 1.807) is 6.07 Å². The average Bonchev–Trinajstić information content (AvgIpc) is 2.51. The van der Waals surface area contributed by atoms with Crippen LogP contribution in [0.25, 0.3) is 0 Å². The molecule has 0 amide bonds. The molecule has 6 heteroatoms. The number of hydrogen-bond acceptors (Lipinski definition) is 5. The van der Waals surface area contributed by atoms with Crippen LogP contribution in [0.1, 0.15) is 10.9 Å². The van der Waals surface area contributed by atoms with Crippen LogP contribution in [0.15, 0.2) is 12.1 Å². The predicted molar refractivity (Wildman–Crippen MR) is 45.0 cm³/mol. The lowest BCUT2D eigenvalue weighted by Gasteiger charge is -2.01. The van der Waals surface area contributed by atoms with Crippen molar-refractivity contribution in [1.29, 1.82) is 0 Å². The van der Waals surface area contributed by atoms with Crippen LogP contribution in [-0.4, -0.2) is 16.6 Å². The topological polar surface area (TPSA) is 89.4 Å². The summed E-state index contributed by atoms with van der Waals surface area (Å²) in [6.45, 7) is -0.197. The van der Waals surface area contributed by atoms with E-state index in [0.717, 1.165) is 11.3 Å². The highest BCUT2D eigenvalue weighted by atomic mass is 32.1. The van der Waals surface area contributed by atoms with Crippen molar-refractivity contribution in [3.8, 4) is 0 Å². The molecular formula is C6H8N2O3S. The van der Waals surface area contributed by atoms with Crippen molar-refractivity contribution in [2.45, 2.75) is 6.04 Å². The van der Waals surface area contributed by atoms with Crippen molar-refractivity contribution in [2.75, 3.05) is 6.61 Å². The van der Waals surface area contributed by atoms with Gasteiger partial charge in [-0.25, -0.2) is 0 Å². The molecule has 0 aliphatic rings. The number of nitrogens with two attached hydrogens (primary N) is 1. The highest BCUT2D eigenvalue weighted by Gasteiger charge is 2.13. The molecule has 0 fully saturated rings. The second-order valence-corrected chi connectivity index (χ2v) is 3.32. The van der Waals surface area contributed by atoms with Crippen molar-refractivity contribution < 1.29 is 10.0 Å². The minimum Gasteiger partial charge on any atom is -0.394 e. The van der Waals surface area contributed by atoms with Gasteiger partial charge in [-0.2, -0.15) is 0 Å². The molecule has 1 aromatic heterocycles. The fourth-order valence-electron chi connectivity index (χ4n) is 0.730. The third-order valence-corrected chi connectivity index (χ3v) is 2.52. The Bertz CT molecular complexity index is 286. The summed E-state index contributed by atoms with van der Waals surface area (Å²) in [6, 6.07) is 2.43. The average molecular weight is 188 g/mol. The van der Waals surface area contributed by atoms with Crippen LogP contribution in [0, 0.1) is 10.1 Å². The number of aliphatic hydroxyl groups excluding tert-OH is 1. The third kappa shape index (κ3) is 1.79. The molecule has 0 aromatic carbocycles. The van der Waals surface area contributed by atoms with Crippen LogP contribution in [-0.2, 0) is 0 Å². The Morgan fingerprint density at radius 2 is 2.42 bits per heavy atom. The molecule has 0 saturated heterocycles. The van der Waals surface area contributed by atoms with E-state index in [9.17, 15) is 10.1 Å². The Morgan fingerprint density at radius 3 is 2.83 bits per heavy atom. The van der Waals surface area contributed by atoms with E-state index in [2.05, 4.69) is 0 Å². The molecule has 1 heterocycles. The Labute approximate surface area is 72.6 Å². The lowest BCUT2D eigenvalue weighted by atomic mass is 10.3. The molecular weight excluding hydrogens is 180 g/mol. The maximum Gasteiger partial charge on any atom is 0.324 e. The van der Waals surface area contributed by atoms with Crippen LogP contribution in [0.2, 0.25) is 0 Å². The van der Waals surface area contributed by atoms with Gasteiger partial charge in [0.1, 0.15) is 0 Å². The molecule has 12 heavy (non-hydrogen) atoms. The van der Waals surface area contributed by atoms with Crippen LogP contribution < -0.4 is 5.73 Å². The summed E-state index contributed by atoms with van der Waals surface area (Å²) in [7, 11) is 0. The second kappa shape index (κ2) is 3.61. The third-order valence-electron chi connectivity index (χ3n) is 1.35. The first-order valence-electron chi connectivity index (χ1n) is 3.25. The van der Waals surface area contributed by atoms with Crippen LogP contribution in [0.4, 0.5) is 5.00 Å².